The molecule has 0 aliphatic carbocycles. The van der Waals surface area contributed by atoms with Crippen LogP contribution < -0.4 is 5.32 Å². The number of rotatable bonds is 5. The smallest absolute Gasteiger partial charge is 0.253 e. The maximum absolute atomic E-state index is 12.5. The van der Waals surface area contributed by atoms with Crippen molar-refractivity contribution in [2.75, 3.05) is 38.5 Å². The Hall–Kier alpha value is -2.66. The van der Waals surface area contributed by atoms with E-state index < -0.39 is 0 Å². The van der Waals surface area contributed by atoms with Crippen LogP contribution in [0, 0.1) is 6.92 Å². The predicted octanol–water partition coefficient (Wildman–Crippen LogP) is 2.95. The van der Waals surface area contributed by atoms with Gasteiger partial charge in [0.25, 0.3) is 5.91 Å². The van der Waals surface area contributed by atoms with E-state index in [2.05, 4.69) is 48.5 Å². The monoisotopic (exact) mass is 365 g/mol. The maximum Gasteiger partial charge on any atom is 0.253 e. The number of hydrogen-bond acceptors (Lipinski definition) is 3. The Morgan fingerprint density at radius 3 is 2.19 bits per heavy atom. The highest BCUT2D eigenvalue weighted by Crippen LogP contribution is 2.14. The minimum absolute atomic E-state index is 0.0197. The molecular weight excluding hydrogens is 338 g/mol. The summed E-state index contributed by atoms with van der Waals surface area (Å²) in [5, 5.41) is 2.90. The van der Waals surface area contributed by atoms with Crippen molar-refractivity contribution in [2.24, 2.45) is 0 Å². The van der Waals surface area contributed by atoms with E-state index in [9.17, 15) is 9.59 Å². The van der Waals surface area contributed by atoms with E-state index in [1.807, 2.05) is 4.90 Å². The molecule has 0 atom stereocenters. The number of nitrogens with one attached hydrogen (secondary N) is 1. The molecule has 1 heterocycles. The molecule has 142 valence electrons. The molecule has 27 heavy (non-hydrogen) atoms. The van der Waals surface area contributed by atoms with Gasteiger partial charge in [0.15, 0.2) is 0 Å². The zero-order valence-corrected chi connectivity index (χ0v) is 16.1. The predicted molar refractivity (Wildman–Crippen MR) is 108 cm³/mol. The second-order valence-corrected chi connectivity index (χ2v) is 7.21. The Balaban J connectivity index is 1.50. The molecule has 0 saturated carbocycles. The molecule has 0 bridgehead atoms. The Morgan fingerprint density at radius 1 is 0.926 bits per heavy atom. The molecule has 5 heteroatoms. The number of anilines is 1. The Morgan fingerprint density at radius 2 is 1.56 bits per heavy atom. The van der Waals surface area contributed by atoms with Crippen LogP contribution in [-0.4, -0.2) is 54.8 Å². The number of nitrogens with zero attached hydrogens (tertiary/aromatic N) is 2. The van der Waals surface area contributed by atoms with Crippen LogP contribution in [0.1, 0.15) is 27.9 Å². The third-order valence-electron chi connectivity index (χ3n) is 4.97. The van der Waals surface area contributed by atoms with Crippen molar-refractivity contribution < 1.29 is 9.59 Å². The molecule has 1 saturated heterocycles. The van der Waals surface area contributed by atoms with Gasteiger partial charge in [-0.25, -0.2) is 0 Å². The van der Waals surface area contributed by atoms with E-state index in [1.165, 1.54) is 5.56 Å². The van der Waals surface area contributed by atoms with E-state index in [-0.39, 0.29) is 11.8 Å². The van der Waals surface area contributed by atoms with E-state index in [0.29, 0.717) is 18.4 Å². The minimum atomic E-state index is -0.0197. The van der Waals surface area contributed by atoms with Gasteiger partial charge in [-0.1, -0.05) is 29.8 Å². The first-order chi connectivity index (χ1) is 13.0. The van der Waals surface area contributed by atoms with E-state index in [4.69, 9.17) is 0 Å². The van der Waals surface area contributed by atoms with Crippen molar-refractivity contribution in [1.29, 1.82) is 0 Å². The average Bonchev–Trinajstić information content (AvgIpc) is 2.68. The van der Waals surface area contributed by atoms with Crippen LogP contribution in [0.2, 0.25) is 0 Å². The number of likely N-dealkylation sites (N-methyl/N-ethyl adjacent to an activating group) is 1. The number of carbonyl (C=O) groups excluding carboxylic acids is 2. The molecule has 1 aliphatic rings. The fraction of sp³-hybridized carbons (Fsp3) is 0.364. The lowest BCUT2D eigenvalue weighted by atomic mass is 10.1. The number of carbonyl (C=O) groups is 2. The molecule has 0 spiro atoms. The van der Waals surface area contributed by atoms with E-state index in [1.54, 1.807) is 24.3 Å². The number of aryl methyl sites for hydroxylation is 2. The van der Waals surface area contributed by atoms with Gasteiger partial charge in [-0.15, -0.1) is 0 Å². The first-order valence-electron chi connectivity index (χ1n) is 9.44. The van der Waals surface area contributed by atoms with Crippen LogP contribution in [0.3, 0.4) is 0 Å². The lowest BCUT2D eigenvalue weighted by Crippen LogP contribution is -2.47. The Labute approximate surface area is 161 Å². The molecular formula is C22H27N3O2. The van der Waals surface area contributed by atoms with Gasteiger partial charge in [-0.05, 0) is 50.2 Å². The number of amides is 2. The summed E-state index contributed by atoms with van der Waals surface area (Å²) in [5.74, 6) is 0.0362. The highest BCUT2D eigenvalue weighted by molar-refractivity contribution is 5.96. The number of benzene rings is 2. The van der Waals surface area contributed by atoms with Gasteiger partial charge >= 0.3 is 0 Å². The fourth-order valence-corrected chi connectivity index (χ4v) is 3.12. The molecule has 1 N–H and O–H groups in total. The van der Waals surface area contributed by atoms with E-state index in [0.717, 1.165) is 37.4 Å². The normalized spacial score (nSPS) is 14.8. The molecule has 2 amide bonds. The average molecular weight is 365 g/mol. The van der Waals surface area contributed by atoms with Crippen molar-refractivity contribution in [2.45, 2.75) is 19.8 Å². The third-order valence-corrected chi connectivity index (χ3v) is 4.97. The van der Waals surface area contributed by atoms with Crippen molar-refractivity contribution in [3.05, 3.63) is 65.2 Å². The number of piperazine rings is 1. The summed E-state index contributed by atoms with van der Waals surface area (Å²) in [6.07, 6.45) is 1.15. The summed E-state index contributed by atoms with van der Waals surface area (Å²) in [6, 6.07) is 15.4. The van der Waals surface area contributed by atoms with Crippen LogP contribution >= 0.6 is 0 Å². The maximum atomic E-state index is 12.5. The van der Waals surface area contributed by atoms with Crippen LogP contribution in [0.15, 0.2) is 48.5 Å². The van der Waals surface area contributed by atoms with Gasteiger partial charge in [0, 0.05) is 43.9 Å². The zero-order valence-electron chi connectivity index (χ0n) is 16.1. The van der Waals surface area contributed by atoms with Crippen LogP contribution in [0.5, 0.6) is 0 Å². The van der Waals surface area contributed by atoms with Crippen LogP contribution in [-0.2, 0) is 11.2 Å². The lowest BCUT2D eigenvalue weighted by molar-refractivity contribution is -0.116. The van der Waals surface area contributed by atoms with E-state index >= 15 is 0 Å². The first-order valence-corrected chi connectivity index (χ1v) is 9.44. The van der Waals surface area contributed by atoms with Crippen LogP contribution in [0.4, 0.5) is 5.69 Å². The highest BCUT2D eigenvalue weighted by Gasteiger charge is 2.20. The van der Waals surface area contributed by atoms with Crippen LogP contribution in [0.25, 0.3) is 0 Å². The van der Waals surface area contributed by atoms with Crippen molar-refractivity contribution >= 4 is 17.5 Å². The summed E-state index contributed by atoms with van der Waals surface area (Å²) in [6.45, 7) is 5.37. The summed E-state index contributed by atoms with van der Waals surface area (Å²) in [4.78, 5) is 28.8. The standard InChI is InChI=1S/C22H27N3O2/c1-17-3-5-18(6-4-17)7-12-21(26)23-20-10-8-19(9-11-20)22(27)25-15-13-24(2)14-16-25/h3-6,8-11H,7,12-16H2,1-2H3,(H,23,26). The summed E-state index contributed by atoms with van der Waals surface area (Å²) >= 11 is 0. The molecule has 2 aromatic rings. The quantitative estimate of drug-likeness (QED) is 0.886. The molecule has 0 aromatic heterocycles. The van der Waals surface area contributed by atoms with Crippen molar-refractivity contribution in [3.63, 3.8) is 0 Å². The topological polar surface area (TPSA) is 52.7 Å². The fourth-order valence-electron chi connectivity index (χ4n) is 3.12. The lowest BCUT2D eigenvalue weighted by Gasteiger charge is -2.32. The molecule has 0 radical (unpaired) electrons. The summed E-state index contributed by atoms with van der Waals surface area (Å²) in [7, 11) is 2.07. The molecule has 5 nitrogen and oxygen atoms in total. The summed E-state index contributed by atoms with van der Waals surface area (Å²) < 4.78 is 0. The minimum Gasteiger partial charge on any atom is -0.336 e. The highest BCUT2D eigenvalue weighted by atomic mass is 16.2. The first kappa shape index (κ1) is 19.1. The van der Waals surface area contributed by atoms with Gasteiger partial charge in [0.1, 0.15) is 0 Å². The number of hydrogen-bond donors (Lipinski definition) is 1. The Bertz CT molecular complexity index is 776. The molecule has 1 aliphatic heterocycles. The Kier molecular flexibility index (Phi) is 6.24. The largest absolute Gasteiger partial charge is 0.336 e. The van der Waals surface area contributed by atoms with Crippen molar-refractivity contribution in [3.8, 4) is 0 Å². The SMILES string of the molecule is Cc1ccc(CCC(=O)Nc2ccc(C(=O)N3CCN(C)CC3)cc2)cc1. The molecule has 3 rings (SSSR count). The second kappa shape index (κ2) is 8.82. The van der Waals surface area contributed by atoms with Gasteiger partial charge in [-0.2, -0.15) is 0 Å². The molecule has 0 unspecified atom stereocenters. The third kappa shape index (κ3) is 5.41. The summed E-state index contributed by atoms with van der Waals surface area (Å²) in [5.41, 5.74) is 3.76. The second-order valence-electron chi connectivity index (χ2n) is 7.21. The van der Waals surface area contributed by atoms with Crippen molar-refractivity contribution in [1.82, 2.24) is 9.80 Å². The van der Waals surface area contributed by atoms with Gasteiger partial charge in [0.05, 0.1) is 0 Å². The zero-order chi connectivity index (χ0) is 19.2. The van der Waals surface area contributed by atoms with Gasteiger partial charge in [0.2, 0.25) is 5.91 Å². The van der Waals surface area contributed by atoms with Gasteiger partial charge < -0.3 is 15.1 Å². The molecule has 1 fully saturated rings. The van der Waals surface area contributed by atoms with Gasteiger partial charge in [-0.3, -0.25) is 9.59 Å². The molecule has 2 aromatic carbocycles.